The fourth-order valence-corrected chi connectivity index (χ4v) is 2.01. The van der Waals surface area contributed by atoms with Crippen LogP contribution >= 0.6 is 11.6 Å². The first kappa shape index (κ1) is 13.4. The van der Waals surface area contributed by atoms with Crippen molar-refractivity contribution in [2.24, 2.45) is 0 Å². The van der Waals surface area contributed by atoms with E-state index in [0.717, 1.165) is 11.1 Å². The van der Waals surface area contributed by atoms with Gasteiger partial charge in [-0.15, -0.1) is 0 Å². The summed E-state index contributed by atoms with van der Waals surface area (Å²) in [4.78, 5) is 15.1. The molecule has 5 heteroatoms. The van der Waals surface area contributed by atoms with E-state index < -0.39 is 5.97 Å². The summed E-state index contributed by atoms with van der Waals surface area (Å²) >= 11 is 5.98. The Labute approximate surface area is 115 Å². The van der Waals surface area contributed by atoms with Crippen LogP contribution in [0.2, 0.25) is 5.02 Å². The number of carbonyl (C=O) groups is 1. The quantitative estimate of drug-likeness (QED) is 0.934. The number of rotatable bonds is 3. The van der Waals surface area contributed by atoms with Gasteiger partial charge in [0.1, 0.15) is 5.75 Å². The lowest BCUT2D eigenvalue weighted by Crippen LogP contribution is -2.00. The van der Waals surface area contributed by atoms with E-state index in [1.54, 1.807) is 38.3 Å². The molecule has 0 radical (unpaired) electrons. The first-order valence-corrected chi connectivity index (χ1v) is 5.94. The molecule has 1 aromatic carbocycles. The molecule has 98 valence electrons. The van der Waals surface area contributed by atoms with Gasteiger partial charge in [0.25, 0.3) is 0 Å². The van der Waals surface area contributed by atoms with Crippen LogP contribution in [0.4, 0.5) is 0 Å². The summed E-state index contributed by atoms with van der Waals surface area (Å²) < 4.78 is 5.27. The van der Waals surface area contributed by atoms with E-state index >= 15 is 0 Å². The first-order chi connectivity index (χ1) is 9.02. The van der Waals surface area contributed by atoms with Crippen LogP contribution in [0.15, 0.2) is 30.5 Å². The third kappa shape index (κ3) is 2.69. The van der Waals surface area contributed by atoms with Crippen LogP contribution in [0, 0.1) is 6.92 Å². The average molecular weight is 278 g/mol. The Morgan fingerprint density at radius 2 is 2.11 bits per heavy atom. The van der Waals surface area contributed by atoms with Gasteiger partial charge in [-0.3, -0.25) is 4.98 Å². The number of carboxylic acid groups (broad SMARTS) is 1. The maximum Gasteiger partial charge on any atom is 0.337 e. The molecule has 4 nitrogen and oxygen atoms in total. The zero-order valence-corrected chi connectivity index (χ0v) is 11.2. The molecule has 19 heavy (non-hydrogen) atoms. The molecule has 1 N–H and O–H groups in total. The maximum absolute atomic E-state index is 10.9. The number of nitrogens with zero attached hydrogens (tertiary/aromatic N) is 1. The minimum atomic E-state index is -1.000. The van der Waals surface area contributed by atoms with Crippen LogP contribution in [0.25, 0.3) is 11.3 Å². The highest BCUT2D eigenvalue weighted by Gasteiger charge is 2.13. The number of aromatic nitrogens is 1. The van der Waals surface area contributed by atoms with Crippen molar-refractivity contribution in [2.75, 3.05) is 7.11 Å². The molecule has 0 unspecified atom stereocenters. The Morgan fingerprint density at radius 1 is 1.37 bits per heavy atom. The predicted octanol–water partition coefficient (Wildman–Crippen LogP) is 3.42. The van der Waals surface area contributed by atoms with Gasteiger partial charge in [0.2, 0.25) is 0 Å². The Morgan fingerprint density at radius 3 is 2.68 bits per heavy atom. The lowest BCUT2D eigenvalue weighted by molar-refractivity contribution is 0.0696. The van der Waals surface area contributed by atoms with Gasteiger partial charge in [0, 0.05) is 16.8 Å². The van der Waals surface area contributed by atoms with E-state index in [0.29, 0.717) is 16.5 Å². The van der Waals surface area contributed by atoms with Crippen molar-refractivity contribution in [1.29, 1.82) is 0 Å². The molecular weight excluding hydrogens is 266 g/mol. The molecular formula is C14H12ClNO3. The number of aryl methyl sites for hydroxylation is 1. The Balaban J connectivity index is 2.59. The number of hydrogen-bond donors (Lipinski definition) is 1. The number of halogens is 1. The molecule has 2 rings (SSSR count). The second-order valence-corrected chi connectivity index (χ2v) is 4.48. The molecule has 0 amide bonds. The molecule has 0 saturated carbocycles. The molecule has 0 spiro atoms. The fraction of sp³-hybridized carbons (Fsp3) is 0.143. The number of carboxylic acids is 1. The van der Waals surface area contributed by atoms with Crippen molar-refractivity contribution < 1.29 is 14.6 Å². The van der Waals surface area contributed by atoms with E-state index in [1.165, 1.54) is 6.20 Å². The molecule has 0 bridgehead atoms. The van der Waals surface area contributed by atoms with Crippen molar-refractivity contribution in [3.05, 3.63) is 46.6 Å². The first-order valence-electron chi connectivity index (χ1n) is 5.56. The summed E-state index contributed by atoms with van der Waals surface area (Å²) in [7, 11) is 1.56. The van der Waals surface area contributed by atoms with Gasteiger partial charge in [0.15, 0.2) is 0 Å². The summed E-state index contributed by atoms with van der Waals surface area (Å²) in [6.45, 7) is 1.80. The largest absolute Gasteiger partial charge is 0.496 e. The molecule has 1 aromatic heterocycles. The van der Waals surface area contributed by atoms with Crippen LogP contribution < -0.4 is 4.74 Å². The number of pyridine rings is 1. The smallest absolute Gasteiger partial charge is 0.337 e. The van der Waals surface area contributed by atoms with Crippen LogP contribution in [-0.4, -0.2) is 23.2 Å². The SMILES string of the molecule is COc1ccc(Cl)cc1-c1ncc(C(=O)O)cc1C. The molecule has 0 fully saturated rings. The van der Waals surface area contributed by atoms with Crippen LogP contribution in [0.5, 0.6) is 5.75 Å². The zero-order chi connectivity index (χ0) is 14.0. The van der Waals surface area contributed by atoms with Gasteiger partial charge in [-0.25, -0.2) is 4.79 Å². The van der Waals surface area contributed by atoms with Gasteiger partial charge in [-0.1, -0.05) is 11.6 Å². The van der Waals surface area contributed by atoms with Crippen LogP contribution in [-0.2, 0) is 0 Å². The van der Waals surface area contributed by atoms with E-state index in [2.05, 4.69) is 4.98 Å². The molecule has 0 aliphatic rings. The summed E-state index contributed by atoms with van der Waals surface area (Å²) in [5.74, 6) is -0.358. The van der Waals surface area contributed by atoms with Gasteiger partial charge in [0.05, 0.1) is 18.4 Å². The monoisotopic (exact) mass is 277 g/mol. The molecule has 2 aromatic rings. The number of ether oxygens (including phenoxy) is 1. The lowest BCUT2D eigenvalue weighted by atomic mass is 10.0. The van der Waals surface area contributed by atoms with Gasteiger partial charge < -0.3 is 9.84 Å². The molecule has 0 aliphatic heterocycles. The highest BCUT2D eigenvalue weighted by Crippen LogP contribution is 2.33. The summed E-state index contributed by atoms with van der Waals surface area (Å²) in [5, 5.41) is 9.50. The molecule has 1 heterocycles. The molecule has 0 atom stereocenters. The second kappa shape index (κ2) is 5.28. The van der Waals surface area contributed by atoms with Gasteiger partial charge in [-0.05, 0) is 36.8 Å². The third-order valence-corrected chi connectivity index (χ3v) is 2.98. The Bertz CT molecular complexity index is 641. The fourth-order valence-electron chi connectivity index (χ4n) is 1.84. The van der Waals surface area contributed by atoms with Crippen molar-refractivity contribution in [1.82, 2.24) is 4.98 Å². The zero-order valence-electron chi connectivity index (χ0n) is 10.5. The number of aromatic carboxylic acids is 1. The topological polar surface area (TPSA) is 59.4 Å². The predicted molar refractivity (Wildman–Crippen MR) is 72.9 cm³/mol. The number of benzene rings is 1. The highest BCUT2D eigenvalue weighted by atomic mass is 35.5. The Kier molecular flexibility index (Phi) is 3.71. The van der Waals surface area contributed by atoms with Crippen molar-refractivity contribution in [3.63, 3.8) is 0 Å². The maximum atomic E-state index is 10.9. The normalized spacial score (nSPS) is 10.3. The van der Waals surface area contributed by atoms with Crippen LogP contribution in [0.1, 0.15) is 15.9 Å². The van der Waals surface area contributed by atoms with Crippen molar-refractivity contribution >= 4 is 17.6 Å². The minimum Gasteiger partial charge on any atom is -0.496 e. The molecule has 0 aliphatic carbocycles. The summed E-state index contributed by atoms with van der Waals surface area (Å²) in [6.07, 6.45) is 1.32. The standard InChI is InChI=1S/C14H12ClNO3/c1-8-5-9(14(17)18)7-16-13(8)11-6-10(15)3-4-12(11)19-2/h3-7H,1-2H3,(H,17,18). The van der Waals surface area contributed by atoms with Crippen molar-refractivity contribution in [3.8, 4) is 17.0 Å². The summed E-state index contributed by atoms with van der Waals surface area (Å²) in [5.41, 5.74) is 2.30. The van der Waals surface area contributed by atoms with Gasteiger partial charge >= 0.3 is 5.97 Å². The van der Waals surface area contributed by atoms with E-state index in [1.807, 2.05) is 0 Å². The molecule has 0 saturated heterocycles. The van der Waals surface area contributed by atoms with Gasteiger partial charge in [-0.2, -0.15) is 0 Å². The Hall–Kier alpha value is -2.07. The van der Waals surface area contributed by atoms with E-state index in [4.69, 9.17) is 21.4 Å². The highest BCUT2D eigenvalue weighted by molar-refractivity contribution is 6.31. The van der Waals surface area contributed by atoms with Crippen LogP contribution in [0.3, 0.4) is 0 Å². The van der Waals surface area contributed by atoms with Crippen molar-refractivity contribution in [2.45, 2.75) is 6.92 Å². The van der Waals surface area contributed by atoms with E-state index in [9.17, 15) is 4.79 Å². The average Bonchev–Trinajstić information content (AvgIpc) is 2.38. The number of hydrogen-bond acceptors (Lipinski definition) is 3. The third-order valence-electron chi connectivity index (χ3n) is 2.74. The minimum absolute atomic E-state index is 0.155. The second-order valence-electron chi connectivity index (χ2n) is 4.04. The summed E-state index contributed by atoms with van der Waals surface area (Å²) in [6, 6.07) is 6.80. The van der Waals surface area contributed by atoms with E-state index in [-0.39, 0.29) is 5.56 Å². The lowest BCUT2D eigenvalue weighted by Gasteiger charge is -2.11. The number of methoxy groups -OCH3 is 1.